The standard InChI is InChI=1S/C19H14ClN5O3/c20-12-6-7-13-14(10-12)23-19(28)17(22-13)16(25-24-15(26)8-9-21)18(27)11-4-2-1-3-5-11/h1-7,10,18,27H,8H2,(H,23,28)(H,24,26). The Bertz CT molecular complexity index is 1150. The second kappa shape index (κ2) is 8.43. The number of hydrogen-bond donors (Lipinski definition) is 3. The first kappa shape index (κ1) is 19.2. The number of benzene rings is 2. The van der Waals surface area contributed by atoms with Gasteiger partial charge in [0, 0.05) is 5.02 Å². The van der Waals surface area contributed by atoms with Crippen molar-refractivity contribution < 1.29 is 9.90 Å². The molecule has 3 rings (SSSR count). The van der Waals surface area contributed by atoms with Crippen molar-refractivity contribution in [1.82, 2.24) is 15.4 Å². The summed E-state index contributed by atoms with van der Waals surface area (Å²) in [6.07, 6.45) is -1.75. The Hall–Kier alpha value is -3.54. The Balaban J connectivity index is 2.12. The third-order valence-electron chi connectivity index (χ3n) is 3.81. The van der Waals surface area contributed by atoms with E-state index in [0.717, 1.165) is 0 Å². The van der Waals surface area contributed by atoms with Crippen LogP contribution in [0.15, 0.2) is 58.4 Å². The van der Waals surface area contributed by atoms with Crippen molar-refractivity contribution in [2.24, 2.45) is 5.10 Å². The largest absolute Gasteiger partial charge is 0.382 e. The summed E-state index contributed by atoms with van der Waals surface area (Å²) >= 11 is 5.93. The Morgan fingerprint density at radius 2 is 2.07 bits per heavy atom. The topological polar surface area (TPSA) is 131 Å². The van der Waals surface area contributed by atoms with Gasteiger partial charge in [0.05, 0.1) is 17.1 Å². The van der Waals surface area contributed by atoms with Crippen LogP contribution in [0, 0.1) is 11.3 Å². The van der Waals surface area contributed by atoms with E-state index in [2.05, 4.69) is 20.5 Å². The molecule has 0 aliphatic rings. The van der Waals surface area contributed by atoms with Crippen LogP contribution in [0.25, 0.3) is 11.0 Å². The number of aliphatic hydroxyl groups excluding tert-OH is 1. The normalized spacial score (nSPS) is 12.4. The number of hydrazone groups is 1. The first-order chi connectivity index (χ1) is 13.5. The number of nitriles is 1. The molecule has 9 heteroatoms. The number of halogens is 1. The monoisotopic (exact) mass is 395 g/mol. The van der Waals surface area contributed by atoms with E-state index < -0.39 is 24.0 Å². The third-order valence-corrected chi connectivity index (χ3v) is 4.05. The van der Waals surface area contributed by atoms with Crippen molar-refractivity contribution in [2.45, 2.75) is 12.5 Å². The van der Waals surface area contributed by atoms with Crippen LogP contribution in [0.2, 0.25) is 5.02 Å². The van der Waals surface area contributed by atoms with Gasteiger partial charge >= 0.3 is 0 Å². The molecular weight excluding hydrogens is 382 g/mol. The molecule has 1 heterocycles. The number of carbonyl (C=O) groups excluding carboxylic acids is 1. The highest BCUT2D eigenvalue weighted by atomic mass is 35.5. The molecule has 0 saturated heterocycles. The van der Waals surface area contributed by atoms with Gasteiger partial charge in [-0.25, -0.2) is 10.4 Å². The van der Waals surface area contributed by atoms with E-state index >= 15 is 0 Å². The fraction of sp³-hybridized carbons (Fsp3) is 0.105. The van der Waals surface area contributed by atoms with Crippen LogP contribution < -0.4 is 11.0 Å². The molecule has 0 radical (unpaired) electrons. The second-order valence-electron chi connectivity index (χ2n) is 5.76. The Morgan fingerprint density at radius 3 is 2.79 bits per heavy atom. The van der Waals surface area contributed by atoms with Crippen LogP contribution in [0.1, 0.15) is 23.8 Å². The van der Waals surface area contributed by atoms with Gasteiger partial charge < -0.3 is 10.1 Å². The zero-order valence-corrected chi connectivity index (χ0v) is 15.1. The van der Waals surface area contributed by atoms with Gasteiger partial charge in [0.1, 0.15) is 18.2 Å². The Kier molecular flexibility index (Phi) is 5.79. The fourth-order valence-corrected chi connectivity index (χ4v) is 2.68. The van der Waals surface area contributed by atoms with Gasteiger partial charge in [0.15, 0.2) is 5.69 Å². The Morgan fingerprint density at radius 1 is 1.32 bits per heavy atom. The van der Waals surface area contributed by atoms with Gasteiger partial charge in [-0.05, 0) is 23.8 Å². The van der Waals surface area contributed by atoms with Gasteiger partial charge in [-0.3, -0.25) is 9.59 Å². The molecule has 1 aromatic heterocycles. The molecule has 0 bridgehead atoms. The van der Waals surface area contributed by atoms with Gasteiger partial charge in [0.25, 0.3) is 11.5 Å². The number of nitrogens with zero attached hydrogens (tertiary/aromatic N) is 3. The maximum Gasteiger partial charge on any atom is 0.276 e. The molecule has 0 saturated carbocycles. The number of rotatable bonds is 5. The Labute approximate surface area is 164 Å². The van der Waals surface area contributed by atoms with Gasteiger partial charge in [-0.15, -0.1) is 0 Å². The average Bonchev–Trinajstić information content (AvgIpc) is 2.69. The molecule has 0 fully saturated rings. The predicted octanol–water partition coefficient (Wildman–Crippen LogP) is 2.04. The summed E-state index contributed by atoms with van der Waals surface area (Å²) in [5.74, 6) is -0.677. The molecule has 1 unspecified atom stereocenters. The van der Waals surface area contributed by atoms with Gasteiger partial charge in [0.2, 0.25) is 0 Å². The molecular formula is C19H14ClN5O3. The summed E-state index contributed by atoms with van der Waals surface area (Å²) in [7, 11) is 0. The van der Waals surface area contributed by atoms with Crippen LogP contribution in [0.5, 0.6) is 0 Å². The summed E-state index contributed by atoms with van der Waals surface area (Å²) < 4.78 is 0. The van der Waals surface area contributed by atoms with E-state index in [1.165, 1.54) is 0 Å². The average molecular weight is 396 g/mol. The molecule has 0 aliphatic carbocycles. The van der Waals surface area contributed by atoms with Crippen molar-refractivity contribution >= 4 is 34.3 Å². The van der Waals surface area contributed by atoms with E-state index in [1.54, 1.807) is 54.6 Å². The minimum atomic E-state index is -1.33. The molecule has 1 atom stereocenters. The number of aromatic amines is 1. The van der Waals surface area contributed by atoms with Crippen molar-refractivity contribution in [3.05, 3.63) is 75.2 Å². The SMILES string of the molecule is N#CCC(=O)NN=C(c1nc2ccc(Cl)cc2[nH]c1=O)C(O)c1ccccc1. The molecule has 2 aromatic carbocycles. The molecule has 0 aliphatic heterocycles. The lowest BCUT2D eigenvalue weighted by molar-refractivity contribution is -0.120. The lowest BCUT2D eigenvalue weighted by Gasteiger charge is -2.14. The van der Waals surface area contributed by atoms with Crippen LogP contribution in [0.4, 0.5) is 0 Å². The van der Waals surface area contributed by atoms with E-state index in [4.69, 9.17) is 16.9 Å². The molecule has 8 nitrogen and oxygen atoms in total. The molecule has 140 valence electrons. The van der Waals surface area contributed by atoms with Crippen molar-refractivity contribution in [3.8, 4) is 6.07 Å². The zero-order chi connectivity index (χ0) is 20.1. The van der Waals surface area contributed by atoms with Gasteiger partial charge in [-0.2, -0.15) is 10.4 Å². The summed E-state index contributed by atoms with van der Waals surface area (Å²) in [5, 5.41) is 23.7. The van der Waals surface area contributed by atoms with Crippen molar-refractivity contribution in [2.75, 3.05) is 0 Å². The third kappa shape index (κ3) is 4.23. The minimum Gasteiger partial charge on any atom is -0.382 e. The summed E-state index contributed by atoms with van der Waals surface area (Å²) in [6, 6.07) is 14.9. The van der Waals surface area contributed by atoms with Crippen molar-refractivity contribution in [3.63, 3.8) is 0 Å². The number of hydrogen-bond acceptors (Lipinski definition) is 6. The maximum atomic E-state index is 12.6. The summed E-state index contributed by atoms with van der Waals surface area (Å²) in [6.45, 7) is 0. The predicted molar refractivity (Wildman–Crippen MR) is 104 cm³/mol. The summed E-state index contributed by atoms with van der Waals surface area (Å²) in [5.41, 5.74) is 2.53. The highest BCUT2D eigenvalue weighted by Gasteiger charge is 2.22. The zero-order valence-electron chi connectivity index (χ0n) is 14.4. The van der Waals surface area contributed by atoms with E-state index in [9.17, 15) is 14.7 Å². The second-order valence-corrected chi connectivity index (χ2v) is 6.19. The minimum absolute atomic E-state index is 0.157. The van der Waals surface area contributed by atoms with Crippen LogP contribution >= 0.6 is 11.6 Å². The number of amides is 1. The van der Waals surface area contributed by atoms with Gasteiger partial charge in [-0.1, -0.05) is 41.9 Å². The van der Waals surface area contributed by atoms with E-state index in [0.29, 0.717) is 21.6 Å². The number of fused-ring (bicyclic) bond motifs is 1. The molecule has 1 amide bonds. The lowest BCUT2D eigenvalue weighted by Crippen LogP contribution is -2.29. The van der Waals surface area contributed by atoms with Crippen LogP contribution in [-0.2, 0) is 4.79 Å². The van der Waals surface area contributed by atoms with Crippen molar-refractivity contribution in [1.29, 1.82) is 5.26 Å². The smallest absolute Gasteiger partial charge is 0.276 e. The first-order valence-corrected chi connectivity index (χ1v) is 8.53. The first-order valence-electron chi connectivity index (χ1n) is 8.16. The van der Waals surface area contributed by atoms with Crippen LogP contribution in [0.3, 0.4) is 0 Å². The number of nitrogens with one attached hydrogen (secondary N) is 2. The lowest BCUT2D eigenvalue weighted by atomic mass is 10.0. The highest BCUT2D eigenvalue weighted by molar-refractivity contribution is 6.31. The quantitative estimate of drug-likeness (QED) is 0.449. The molecule has 0 spiro atoms. The summed E-state index contributed by atoms with van der Waals surface area (Å²) in [4.78, 5) is 31.1. The number of H-pyrrole nitrogens is 1. The molecule has 28 heavy (non-hydrogen) atoms. The number of carbonyl (C=O) groups is 1. The van der Waals surface area contributed by atoms with Crippen LogP contribution in [-0.4, -0.2) is 26.7 Å². The maximum absolute atomic E-state index is 12.6. The number of aliphatic hydroxyl groups is 1. The molecule has 3 aromatic rings. The fourth-order valence-electron chi connectivity index (χ4n) is 2.50. The van der Waals surface area contributed by atoms with E-state index in [-0.39, 0.29) is 11.4 Å². The van der Waals surface area contributed by atoms with E-state index in [1.807, 2.05) is 0 Å². The number of aromatic nitrogens is 2. The molecule has 3 N–H and O–H groups in total. The highest BCUT2D eigenvalue weighted by Crippen LogP contribution is 2.19.